The second-order valence-electron chi connectivity index (χ2n) is 3.95. The minimum atomic E-state index is -0.880. The molecule has 0 fully saturated rings. The predicted octanol–water partition coefficient (Wildman–Crippen LogP) is 2.06. The van der Waals surface area contributed by atoms with Crippen molar-refractivity contribution < 1.29 is 14.6 Å². The summed E-state index contributed by atoms with van der Waals surface area (Å²) < 4.78 is 7.12. The highest BCUT2D eigenvalue weighted by atomic mass is 32.2. The van der Waals surface area contributed by atoms with Gasteiger partial charge in [-0.2, -0.15) is 5.10 Å². The molecule has 106 valence electrons. The Hall–Kier alpha value is -2.02. The van der Waals surface area contributed by atoms with Crippen molar-refractivity contribution >= 4 is 17.7 Å². The van der Waals surface area contributed by atoms with E-state index in [9.17, 15) is 4.79 Å². The molecule has 1 aromatic heterocycles. The minimum absolute atomic E-state index is 0.0426. The zero-order valence-corrected chi connectivity index (χ0v) is 12.1. The van der Waals surface area contributed by atoms with Gasteiger partial charge in [0.05, 0.1) is 17.9 Å². The lowest BCUT2D eigenvalue weighted by Crippen LogP contribution is -2.00. The summed E-state index contributed by atoms with van der Waals surface area (Å²) in [6.45, 7) is 2.47. The van der Waals surface area contributed by atoms with Gasteiger partial charge in [-0.25, -0.2) is 9.67 Å². The average Bonchev–Trinajstić information content (AvgIpc) is 2.78. The van der Waals surface area contributed by atoms with Gasteiger partial charge in [0.15, 0.2) is 11.0 Å². The molecular formula is C13H15N3O3S. The van der Waals surface area contributed by atoms with Crippen LogP contribution < -0.4 is 4.74 Å². The maximum absolute atomic E-state index is 10.6. The van der Waals surface area contributed by atoms with Crippen molar-refractivity contribution in [3.05, 3.63) is 24.3 Å². The number of rotatable bonds is 6. The summed E-state index contributed by atoms with van der Waals surface area (Å²) in [6, 6.07) is 7.51. The van der Waals surface area contributed by atoms with Crippen molar-refractivity contribution in [1.82, 2.24) is 14.8 Å². The summed E-state index contributed by atoms with van der Waals surface area (Å²) in [6.07, 6.45) is 0. The second kappa shape index (κ2) is 6.42. The van der Waals surface area contributed by atoms with E-state index in [0.29, 0.717) is 17.6 Å². The van der Waals surface area contributed by atoms with E-state index in [-0.39, 0.29) is 5.75 Å². The SMILES string of the molecule is CCOc1ccccc1-c1nc(SCC(=O)O)n(C)n1. The first-order valence-electron chi connectivity index (χ1n) is 6.09. The zero-order valence-electron chi connectivity index (χ0n) is 11.2. The zero-order chi connectivity index (χ0) is 14.5. The fourth-order valence-electron chi connectivity index (χ4n) is 1.67. The molecule has 0 aliphatic carbocycles. The van der Waals surface area contributed by atoms with Gasteiger partial charge in [0.2, 0.25) is 0 Å². The maximum atomic E-state index is 10.6. The third-order valence-corrected chi connectivity index (χ3v) is 3.48. The molecule has 1 heterocycles. The van der Waals surface area contributed by atoms with Crippen LogP contribution in [0.4, 0.5) is 0 Å². The van der Waals surface area contributed by atoms with Gasteiger partial charge in [-0.05, 0) is 19.1 Å². The number of hydrogen-bond acceptors (Lipinski definition) is 5. The van der Waals surface area contributed by atoms with E-state index in [0.717, 1.165) is 23.1 Å². The Kier molecular flexibility index (Phi) is 4.62. The van der Waals surface area contributed by atoms with Crippen LogP contribution in [0.3, 0.4) is 0 Å². The van der Waals surface area contributed by atoms with Crippen molar-refractivity contribution in [3.8, 4) is 17.1 Å². The van der Waals surface area contributed by atoms with Crippen molar-refractivity contribution in [2.75, 3.05) is 12.4 Å². The Morgan fingerprint density at radius 2 is 2.20 bits per heavy atom. The van der Waals surface area contributed by atoms with E-state index in [4.69, 9.17) is 9.84 Å². The van der Waals surface area contributed by atoms with Gasteiger partial charge in [-0.3, -0.25) is 4.79 Å². The Balaban J connectivity index is 2.29. The average molecular weight is 293 g/mol. The summed E-state index contributed by atoms with van der Waals surface area (Å²) in [5, 5.41) is 13.6. The van der Waals surface area contributed by atoms with E-state index >= 15 is 0 Å². The third kappa shape index (κ3) is 3.30. The summed E-state index contributed by atoms with van der Waals surface area (Å²) >= 11 is 1.14. The molecule has 0 amide bonds. The lowest BCUT2D eigenvalue weighted by molar-refractivity contribution is -0.133. The number of benzene rings is 1. The molecule has 0 saturated carbocycles. The summed E-state index contributed by atoms with van der Waals surface area (Å²) in [5.41, 5.74) is 0.798. The topological polar surface area (TPSA) is 77.2 Å². The Morgan fingerprint density at radius 3 is 2.90 bits per heavy atom. The highest BCUT2D eigenvalue weighted by molar-refractivity contribution is 7.99. The first-order chi connectivity index (χ1) is 9.61. The number of aromatic nitrogens is 3. The fourth-order valence-corrected chi connectivity index (χ4v) is 2.30. The number of carboxylic acids is 1. The van der Waals surface area contributed by atoms with E-state index < -0.39 is 5.97 Å². The molecule has 0 aliphatic heterocycles. The van der Waals surface area contributed by atoms with E-state index in [2.05, 4.69) is 10.1 Å². The van der Waals surface area contributed by atoms with E-state index in [1.54, 1.807) is 11.7 Å². The van der Waals surface area contributed by atoms with E-state index in [1.165, 1.54) is 0 Å². The van der Waals surface area contributed by atoms with Gasteiger partial charge in [0.1, 0.15) is 5.75 Å². The molecule has 0 unspecified atom stereocenters. The number of aliphatic carboxylic acids is 1. The van der Waals surface area contributed by atoms with Crippen LogP contribution in [0.1, 0.15) is 6.92 Å². The molecule has 20 heavy (non-hydrogen) atoms. The Bertz CT molecular complexity index is 613. The highest BCUT2D eigenvalue weighted by Gasteiger charge is 2.14. The Labute approximate surface area is 120 Å². The normalized spacial score (nSPS) is 10.5. The predicted molar refractivity (Wildman–Crippen MR) is 76.0 cm³/mol. The largest absolute Gasteiger partial charge is 0.493 e. The van der Waals surface area contributed by atoms with Crippen LogP contribution in [-0.2, 0) is 11.8 Å². The van der Waals surface area contributed by atoms with Crippen LogP contribution in [0.15, 0.2) is 29.4 Å². The molecular weight excluding hydrogens is 278 g/mol. The number of thioether (sulfide) groups is 1. The van der Waals surface area contributed by atoms with Crippen molar-refractivity contribution in [1.29, 1.82) is 0 Å². The standard InChI is InChI=1S/C13H15N3O3S/c1-3-19-10-7-5-4-6-9(10)12-14-13(16(2)15-12)20-8-11(17)18/h4-7H,3,8H2,1-2H3,(H,17,18). The Morgan fingerprint density at radius 1 is 1.45 bits per heavy atom. The molecule has 0 bridgehead atoms. The number of aryl methyl sites for hydroxylation is 1. The third-order valence-electron chi connectivity index (χ3n) is 2.48. The quantitative estimate of drug-likeness (QED) is 0.821. The van der Waals surface area contributed by atoms with Crippen LogP contribution in [0.2, 0.25) is 0 Å². The van der Waals surface area contributed by atoms with Gasteiger partial charge < -0.3 is 9.84 Å². The monoisotopic (exact) mass is 293 g/mol. The molecule has 0 atom stereocenters. The molecule has 7 heteroatoms. The summed E-state index contributed by atoms with van der Waals surface area (Å²) in [4.78, 5) is 15.0. The molecule has 1 N–H and O–H groups in total. The summed E-state index contributed by atoms with van der Waals surface area (Å²) in [5.74, 6) is 0.327. The molecule has 0 aliphatic rings. The van der Waals surface area contributed by atoms with Crippen LogP contribution in [-0.4, -0.2) is 38.2 Å². The molecule has 0 spiro atoms. The van der Waals surface area contributed by atoms with Crippen LogP contribution >= 0.6 is 11.8 Å². The van der Waals surface area contributed by atoms with Gasteiger partial charge >= 0.3 is 5.97 Å². The van der Waals surface area contributed by atoms with Crippen LogP contribution in [0.5, 0.6) is 5.75 Å². The number of para-hydroxylation sites is 1. The highest BCUT2D eigenvalue weighted by Crippen LogP contribution is 2.29. The number of carboxylic acid groups (broad SMARTS) is 1. The number of hydrogen-bond donors (Lipinski definition) is 1. The van der Waals surface area contributed by atoms with Gasteiger partial charge in [0.25, 0.3) is 0 Å². The molecule has 0 saturated heterocycles. The maximum Gasteiger partial charge on any atom is 0.313 e. The first-order valence-corrected chi connectivity index (χ1v) is 7.08. The van der Waals surface area contributed by atoms with Gasteiger partial charge in [0, 0.05) is 7.05 Å². The summed E-state index contributed by atoms with van der Waals surface area (Å²) in [7, 11) is 1.74. The van der Waals surface area contributed by atoms with Crippen LogP contribution in [0, 0.1) is 0 Å². The van der Waals surface area contributed by atoms with Gasteiger partial charge in [-0.1, -0.05) is 23.9 Å². The lowest BCUT2D eigenvalue weighted by atomic mass is 10.2. The smallest absolute Gasteiger partial charge is 0.313 e. The molecule has 0 radical (unpaired) electrons. The van der Waals surface area contributed by atoms with Crippen LogP contribution in [0.25, 0.3) is 11.4 Å². The minimum Gasteiger partial charge on any atom is -0.493 e. The van der Waals surface area contributed by atoms with Crippen molar-refractivity contribution in [3.63, 3.8) is 0 Å². The van der Waals surface area contributed by atoms with Crippen molar-refractivity contribution in [2.45, 2.75) is 12.1 Å². The van der Waals surface area contributed by atoms with Gasteiger partial charge in [-0.15, -0.1) is 0 Å². The molecule has 2 aromatic rings. The first kappa shape index (κ1) is 14.4. The number of nitrogens with zero attached hydrogens (tertiary/aromatic N) is 3. The molecule has 2 rings (SSSR count). The van der Waals surface area contributed by atoms with Crippen molar-refractivity contribution in [2.24, 2.45) is 7.05 Å². The number of ether oxygens (including phenoxy) is 1. The lowest BCUT2D eigenvalue weighted by Gasteiger charge is -2.06. The van der Waals surface area contributed by atoms with E-state index in [1.807, 2.05) is 31.2 Å². The number of carbonyl (C=O) groups is 1. The molecule has 1 aromatic carbocycles. The fraction of sp³-hybridized carbons (Fsp3) is 0.308. The second-order valence-corrected chi connectivity index (χ2v) is 4.90. The molecule has 6 nitrogen and oxygen atoms in total.